The van der Waals surface area contributed by atoms with Gasteiger partial charge in [-0.15, -0.1) is 0 Å². The highest BCUT2D eigenvalue weighted by atomic mass is 16.5. The summed E-state index contributed by atoms with van der Waals surface area (Å²) in [6, 6.07) is 4.92. The van der Waals surface area contributed by atoms with Gasteiger partial charge in [-0.25, -0.2) is 4.79 Å². The number of benzene rings is 1. The normalized spacial score (nSPS) is 26.1. The molecule has 0 unspecified atom stereocenters. The molecule has 8 heteroatoms. The van der Waals surface area contributed by atoms with E-state index in [4.69, 9.17) is 9.47 Å². The fourth-order valence-electron chi connectivity index (χ4n) is 4.78. The fourth-order valence-corrected chi connectivity index (χ4v) is 4.78. The molecule has 0 aromatic heterocycles. The van der Waals surface area contributed by atoms with Crippen LogP contribution in [0.4, 0.5) is 4.79 Å². The molecule has 0 bridgehead atoms. The number of rotatable bonds is 5. The molecule has 4 rings (SSSR count). The Balaban J connectivity index is 1.44. The van der Waals surface area contributed by atoms with Crippen molar-refractivity contribution in [3.05, 3.63) is 23.8 Å². The summed E-state index contributed by atoms with van der Waals surface area (Å²) in [7, 11) is 0. The van der Waals surface area contributed by atoms with Gasteiger partial charge < -0.3 is 20.1 Å². The zero-order chi connectivity index (χ0) is 22.9. The summed E-state index contributed by atoms with van der Waals surface area (Å²) in [6.45, 7) is 7.10. The van der Waals surface area contributed by atoms with E-state index in [-0.39, 0.29) is 30.3 Å². The van der Waals surface area contributed by atoms with Gasteiger partial charge in [-0.2, -0.15) is 0 Å². The highest BCUT2D eigenvalue weighted by molar-refractivity contribution is 6.09. The SMILES string of the molecule is CC1CCC2(CC1)NC(=O)N(CC(=O)N[C@H](c1ccc3c(c1)OCCCO3)C(C)C)C2=O. The Hall–Kier alpha value is -2.77. The Morgan fingerprint density at radius 3 is 2.56 bits per heavy atom. The molecular formula is C24H33N3O5. The van der Waals surface area contributed by atoms with Crippen molar-refractivity contribution in [2.24, 2.45) is 11.8 Å². The maximum absolute atomic E-state index is 13.0. The third kappa shape index (κ3) is 4.40. The molecule has 2 fully saturated rings. The summed E-state index contributed by atoms with van der Waals surface area (Å²) in [4.78, 5) is 39.6. The van der Waals surface area contributed by atoms with Crippen LogP contribution in [0.2, 0.25) is 0 Å². The standard InChI is InChI=1S/C24H33N3O5/c1-15(2)21(17-5-6-18-19(13-17)32-12-4-11-31-18)25-20(28)14-27-22(29)24(26-23(27)30)9-7-16(3)8-10-24/h5-6,13,15-16,21H,4,7-12,14H2,1-3H3,(H,25,28)(H,26,30)/t16?,21-,24?/m0/s1. The van der Waals surface area contributed by atoms with Crippen molar-refractivity contribution in [2.45, 2.75) is 64.5 Å². The van der Waals surface area contributed by atoms with Crippen molar-refractivity contribution in [2.75, 3.05) is 19.8 Å². The van der Waals surface area contributed by atoms with Crippen molar-refractivity contribution < 1.29 is 23.9 Å². The Labute approximate surface area is 189 Å². The summed E-state index contributed by atoms with van der Waals surface area (Å²) in [6.07, 6.45) is 3.86. The quantitative estimate of drug-likeness (QED) is 0.682. The molecule has 32 heavy (non-hydrogen) atoms. The molecule has 4 amide bonds. The summed E-state index contributed by atoms with van der Waals surface area (Å²) in [5.74, 6) is 1.37. The predicted molar refractivity (Wildman–Crippen MR) is 118 cm³/mol. The molecule has 8 nitrogen and oxygen atoms in total. The van der Waals surface area contributed by atoms with Crippen LogP contribution in [0, 0.1) is 11.8 Å². The first-order valence-corrected chi connectivity index (χ1v) is 11.6. The van der Waals surface area contributed by atoms with Crippen LogP contribution in [0.15, 0.2) is 18.2 Å². The van der Waals surface area contributed by atoms with Crippen molar-refractivity contribution >= 4 is 17.8 Å². The summed E-state index contributed by atoms with van der Waals surface area (Å²) in [5.41, 5.74) is 0.0582. The van der Waals surface area contributed by atoms with Crippen LogP contribution in [0.25, 0.3) is 0 Å². The van der Waals surface area contributed by atoms with Crippen LogP contribution in [0.5, 0.6) is 11.5 Å². The second-order valence-electron chi connectivity index (χ2n) is 9.63. The number of carbonyl (C=O) groups is 3. The topological polar surface area (TPSA) is 97.0 Å². The molecule has 0 radical (unpaired) electrons. The molecular weight excluding hydrogens is 410 g/mol. The summed E-state index contributed by atoms with van der Waals surface area (Å²) >= 11 is 0. The Kier molecular flexibility index (Phi) is 6.31. The minimum atomic E-state index is -0.838. The number of amides is 4. The first kappa shape index (κ1) is 22.4. The number of ether oxygens (including phenoxy) is 2. The van der Waals surface area contributed by atoms with Crippen LogP contribution in [0.3, 0.4) is 0 Å². The van der Waals surface area contributed by atoms with Crippen molar-refractivity contribution in [1.29, 1.82) is 0 Å². The molecule has 1 saturated heterocycles. The van der Waals surface area contributed by atoms with Gasteiger partial charge in [-0.05, 0) is 55.2 Å². The molecule has 1 saturated carbocycles. The molecule has 2 N–H and O–H groups in total. The molecule has 2 aliphatic heterocycles. The van der Waals surface area contributed by atoms with Crippen molar-refractivity contribution in [1.82, 2.24) is 15.5 Å². The van der Waals surface area contributed by atoms with Gasteiger partial charge in [0.05, 0.1) is 19.3 Å². The molecule has 1 aromatic rings. The van der Waals surface area contributed by atoms with Gasteiger partial charge in [-0.3, -0.25) is 14.5 Å². The van der Waals surface area contributed by atoms with E-state index < -0.39 is 11.6 Å². The fraction of sp³-hybridized carbons (Fsp3) is 0.625. The zero-order valence-corrected chi connectivity index (χ0v) is 19.1. The number of nitrogens with zero attached hydrogens (tertiary/aromatic N) is 1. The Morgan fingerprint density at radius 1 is 1.19 bits per heavy atom. The maximum Gasteiger partial charge on any atom is 0.325 e. The van der Waals surface area contributed by atoms with Gasteiger partial charge in [0.25, 0.3) is 5.91 Å². The largest absolute Gasteiger partial charge is 0.490 e. The van der Waals surface area contributed by atoms with Gasteiger partial charge in [-0.1, -0.05) is 26.8 Å². The first-order valence-electron chi connectivity index (χ1n) is 11.6. The lowest BCUT2D eigenvalue weighted by Crippen LogP contribution is -2.50. The van der Waals surface area contributed by atoms with E-state index in [1.807, 2.05) is 32.0 Å². The highest BCUT2D eigenvalue weighted by Gasteiger charge is 2.52. The van der Waals surface area contributed by atoms with Crippen LogP contribution in [-0.4, -0.2) is 48.0 Å². The molecule has 1 spiro atoms. The molecule has 1 aliphatic carbocycles. The second-order valence-corrected chi connectivity index (χ2v) is 9.63. The van der Waals surface area contributed by atoms with Crippen molar-refractivity contribution in [3.63, 3.8) is 0 Å². The van der Waals surface area contributed by atoms with E-state index in [1.54, 1.807) is 0 Å². The summed E-state index contributed by atoms with van der Waals surface area (Å²) < 4.78 is 11.5. The Bertz CT molecular complexity index is 892. The van der Waals surface area contributed by atoms with Crippen LogP contribution >= 0.6 is 0 Å². The smallest absolute Gasteiger partial charge is 0.325 e. The van der Waals surface area contributed by atoms with E-state index in [2.05, 4.69) is 17.6 Å². The zero-order valence-electron chi connectivity index (χ0n) is 19.1. The lowest BCUT2D eigenvalue weighted by atomic mass is 9.77. The lowest BCUT2D eigenvalue weighted by molar-refractivity contribution is -0.136. The Morgan fingerprint density at radius 2 is 1.88 bits per heavy atom. The van der Waals surface area contributed by atoms with Crippen LogP contribution in [-0.2, 0) is 9.59 Å². The second kappa shape index (κ2) is 9.00. The molecule has 174 valence electrons. The third-order valence-corrected chi connectivity index (χ3v) is 6.79. The summed E-state index contributed by atoms with van der Waals surface area (Å²) in [5, 5.41) is 5.88. The molecule has 1 atom stereocenters. The molecule has 2 heterocycles. The minimum Gasteiger partial charge on any atom is -0.490 e. The van der Waals surface area contributed by atoms with E-state index in [9.17, 15) is 14.4 Å². The number of hydrogen-bond acceptors (Lipinski definition) is 5. The number of imide groups is 1. The average Bonchev–Trinajstić information content (AvgIpc) is 2.92. The number of carbonyl (C=O) groups excluding carboxylic acids is 3. The lowest BCUT2D eigenvalue weighted by Gasteiger charge is -2.33. The van der Waals surface area contributed by atoms with E-state index >= 15 is 0 Å². The van der Waals surface area contributed by atoms with E-state index in [0.29, 0.717) is 43.5 Å². The van der Waals surface area contributed by atoms with Crippen LogP contribution in [0.1, 0.15) is 64.5 Å². The predicted octanol–water partition coefficient (Wildman–Crippen LogP) is 3.16. The monoisotopic (exact) mass is 443 g/mol. The van der Waals surface area contributed by atoms with Gasteiger partial charge in [0.1, 0.15) is 12.1 Å². The van der Waals surface area contributed by atoms with Gasteiger partial charge in [0, 0.05) is 6.42 Å². The van der Waals surface area contributed by atoms with E-state index in [1.165, 1.54) is 0 Å². The number of fused-ring (bicyclic) bond motifs is 1. The maximum atomic E-state index is 13.0. The van der Waals surface area contributed by atoms with Crippen molar-refractivity contribution in [3.8, 4) is 11.5 Å². The number of urea groups is 1. The number of nitrogens with one attached hydrogen (secondary N) is 2. The average molecular weight is 444 g/mol. The van der Waals surface area contributed by atoms with Crippen LogP contribution < -0.4 is 20.1 Å². The first-order chi connectivity index (χ1) is 15.3. The minimum absolute atomic E-state index is 0.0953. The number of hydrogen-bond donors (Lipinski definition) is 2. The molecule has 3 aliphatic rings. The molecule has 1 aromatic carbocycles. The van der Waals surface area contributed by atoms with Gasteiger partial charge >= 0.3 is 6.03 Å². The van der Waals surface area contributed by atoms with Gasteiger partial charge in [0.15, 0.2) is 11.5 Å². The highest BCUT2D eigenvalue weighted by Crippen LogP contribution is 2.37. The van der Waals surface area contributed by atoms with Gasteiger partial charge in [0.2, 0.25) is 5.91 Å². The van der Waals surface area contributed by atoms with E-state index in [0.717, 1.165) is 29.7 Å². The third-order valence-electron chi connectivity index (χ3n) is 6.79.